The predicted molar refractivity (Wildman–Crippen MR) is 157 cm³/mol. The van der Waals surface area contributed by atoms with Crippen molar-refractivity contribution < 1.29 is 19.5 Å². The van der Waals surface area contributed by atoms with Crippen LogP contribution in [0.3, 0.4) is 0 Å². The third kappa shape index (κ3) is 5.36. The number of hydrazine groups is 1. The number of aromatic nitrogens is 1. The number of hydrogen-bond donors (Lipinski definition) is 2. The van der Waals surface area contributed by atoms with Crippen LogP contribution in [-0.4, -0.2) is 80.1 Å². The van der Waals surface area contributed by atoms with Crippen molar-refractivity contribution in [2.75, 3.05) is 20.1 Å². The number of likely N-dealkylation sites (N-methyl/N-ethyl adjacent to an activating group) is 1. The van der Waals surface area contributed by atoms with Crippen LogP contribution in [0.4, 0.5) is 4.79 Å². The molecule has 3 heterocycles. The second-order valence-corrected chi connectivity index (χ2v) is 10.7. The molecule has 0 aliphatic carbocycles. The number of phenols is 1. The largest absolute Gasteiger partial charge is 0.508 e. The number of carbonyl (C=O) groups is 3. The van der Waals surface area contributed by atoms with Crippen molar-refractivity contribution in [3.05, 3.63) is 108 Å². The molecule has 0 bridgehead atoms. The molecule has 10 nitrogen and oxygen atoms in total. The Morgan fingerprint density at radius 3 is 2.50 bits per heavy atom. The van der Waals surface area contributed by atoms with Crippen LogP contribution in [0, 0.1) is 0 Å². The van der Waals surface area contributed by atoms with Crippen LogP contribution in [-0.2, 0) is 29.1 Å². The smallest absolute Gasteiger partial charge is 0.334 e. The summed E-state index contributed by atoms with van der Waals surface area (Å²) in [6.07, 6.45) is 1.26. The van der Waals surface area contributed by atoms with E-state index in [0.717, 1.165) is 27.6 Å². The van der Waals surface area contributed by atoms with Crippen LogP contribution in [0.1, 0.15) is 16.7 Å². The van der Waals surface area contributed by atoms with E-state index in [-0.39, 0.29) is 49.7 Å². The predicted octanol–water partition coefficient (Wildman–Crippen LogP) is 3.12. The van der Waals surface area contributed by atoms with Gasteiger partial charge in [-0.1, -0.05) is 66.7 Å². The van der Waals surface area contributed by atoms with Crippen LogP contribution in [0.2, 0.25) is 0 Å². The molecule has 1 aromatic heterocycles. The van der Waals surface area contributed by atoms with Crippen LogP contribution < -0.4 is 5.32 Å². The van der Waals surface area contributed by atoms with Gasteiger partial charge in [0.05, 0.1) is 18.6 Å². The standard InChI is InChI=1S/C32H32N6O4/c1-35-21-29(40)37-27(17-22-12-14-26(39)15-13-22)31(41)36(19-25-10-5-9-24-11-6-16-33-30(24)25)20-28(37)38(35)32(42)34-18-23-7-3-2-4-8-23/h2-16,27-28,39H,17-21H2,1H3,(H,34,42)/t27-,28?/m0/s1. The van der Waals surface area contributed by atoms with Crippen molar-refractivity contribution in [3.8, 4) is 5.75 Å². The Morgan fingerprint density at radius 2 is 1.71 bits per heavy atom. The number of benzene rings is 3. The molecule has 0 spiro atoms. The summed E-state index contributed by atoms with van der Waals surface area (Å²) in [5, 5.41) is 16.9. The van der Waals surface area contributed by atoms with Gasteiger partial charge in [0.25, 0.3) is 0 Å². The first-order chi connectivity index (χ1) is 20.4. The van der Waals surface area contributed by atoms with Gasteiger partial charge in [0.1, 0.15) is 18.0 Å². The Labute approximate surface area is 243 Å². The summed E-state index contributed by atoms with van der Waals surface area (Å²) < 4.78 is 0. The van der Waals surface area contributed by atoms with Crippen LogP contribution in [0.25, 0.3) is 10.9 Å². The molecule has 2 N–H and O–H groups in total. The summed E-state index contributed by atoms with van der Waals surface area (Å²) in [4.78, 5) is 49.2. The Morgan fingerprint density at radius 1 is 0.952 bits per heavy atom. The van der Waals surface area contributed by atoms with Gasteiger partial charge in [-0.3, -0.25) is 14.6 Å². The monoisotopic (exact) mass is 564 g/mol. The van der Waals surface area contributed by atoms with Crippen LogP contribution >= 0.6 is 0 Å². The summed E-state index contributed by atoms with van der Waals surface area (Å²) in [6.45, 7) is 0.706. The zero-order valence-corrected chi connectivity index (χ0v) is 23.3. The number of hydrogen-bond acceptors (Lipinski definition) is 6. The third-order valence-corrected chi connectivity index (χ3v) is 7.88. The van der Waals surface area contributed by atoms with E-state index in [2.05, 4.69) is 10.3 Å². The first-order valence-electron chi connectivity index (χ1n) is 13.9. The fraction of sp³-hybridized carbons (Fsp3) is 0.250. The van der Waals surface area contributed by atoms with E-state index < -0.39 is 12.2 Å². The fourth-order valence-corrected chi connectivity index (χ4v) is 5.86. The summed E-state index contributed by atoms with van der Waals surface area (Å²) >= 11 is 0. The maximum atomic E-state index is 14.1. The lowest BCUT2D eigenvalue weighted by Gasteiger charge is -2.54. The number of para-hydroxylation sites is 1. The highest BCUT2D eigenvalue weighted by Gasteiger charge is 2.50. The number of pyridine rings is 1. The molecule has 2 atom stereocenters. The molecule has 4 amide bonds. The van der Waals surface area contributed by atoms with Gasteiger partial charge in [0.2, 0.25) is 11.8 Å². The lowest BCUT2D eigenvalue weighted by atomic mass is 9.98. The summed E-state index contributed by atoms with van der Waals surface area (Å²) in [7, 11) is 1.71. The lowest BCUT2D eigenvalue weighted by molar-refractivity contribution is -0.187. The van der Waals surface area contributed by atoms with Crippen molar-refractivity contribution >= 4 is 28.7 Å². The molecule has 0 saturated carbocycles. The molecule has 2 aliphatic heterocycles. The van der Waals surface area contributed by atoms with E-state index in [1.165, 1.54) is 0 Å². The highest BCUT2D eigenvalue weighted by Crippen LogP contribution is 2.30. The SMILES string of the molecule is CN1CC(=O)N2C(CN(Cc3cccc4cccnc34)C(=O)[C@@H]2Cc2ccc(O)cc2)N1C(=O)NCc1ccccc1. The number of piperazine rings is 1. The summed E-state index contributed by atoms with van der Waals surface area (Å²) in [6, 6.07) is 24.8. The van der Waals surface area contributed by atoms with Crippen LogP contribution in [0.5, 0.6) is 5.75 Å². The van der Waals surface area contributed by atoms with Gasteiger partial charge in [0.15, 0.2) is 0 Å². The molecular formula is C32H32N6O4. The van der Waals surface area contributed by atoms with Gasteiger partial charge in [0, 0.05) is 38.1 Å². The van der Waals surface area contributed by atoms with Crippen molar-refractivity contribution in [3.63, 3.8) is 0 Å². The summed E-state index contributed by atoms with van der Waals surface area (Å²) in [5.41, 5.74) is 3.44. The normalized spacial score (nSPS) is 19.2. The number of urea groups is 1. The number of amides is 4. The van der Waals surface area contributed by atoms with E-state index in [9.17, 15) is 19.5 Å². The molecule has 2 saturated heterocycles. The Bertz CT molecular complexity index is 1610. The number of aromatic hydroxyl groups is 1. The van der Waals surface area contributed by atoms with E-state index in [1.54, 1.807) is 57.3 Å². The number of nitrogens with zero attached hydrogens (tertiary/aromatic N) is 5. The molecule has 1 unspecified atom stereocenters. The molecule has 3 aromatic carbocycles. The van der Waals surface area contributed by atoms with Gasteiger partial charge in [-0.05, 0) is 34.9 Å². The topological polar surface area (TPSA) is 109 Å². The average molecular weight is 565 g/mol. The van der Waals surface area contributed by atoms with E-state index in [1.807, 2.05) is 60.7 Å². The molecule has 2 aliphatic rings. The van der Waals surface area contributed by atoms with Gasteiger partial charge >= 0.3 is 6.03 Å². The number of nitrogens with one attached hydrogen (secondary N) is 1. The maximum absolute atomic E-state index is 14.1. The molecular weight excluding hydrogens is 532 g/mol. The van der Waals surface area contributed by atoms with Crippen molar-refractivity contribution in [2.45, 2.75) is 31.7 Å². The Balaban J connectivity index is 1.34. The van der Waals surface area contributed by atoms with Gasteiger partial charge in [-0.15, -0.1) is 0 Å². The van der Waals surface area contributed by atoms with E-state index >= 15 is 0 Å². The fourth-order valence-electron chi connectivity index (χ4n) is 5.86. The number of phenolic OH excluding ortho intramolecular Hbond substituents is 1. The molecule has 2 fully saturated rings. The minimum Gasteiger partial charge on any atom is -0.508 e. The zero-order valence-electron chi connectivity index (χ0n) is 23.3. The quantitative estimate of drug-likeness (QED) is 0.373. The van der Waals surface area contributed by atoms with Gasteiger partial charge in [-0.25, -0.2) is 14.8 Å². The third-order valence-electron chi connectivity index (χ3n) is 7.88. The molecule has 10 heteroatoms. The highest BCUT2D eigenvalue weighted by atomic mass is 16.3. The molecule has 214 valence electrons. The molecule has 4 aromatic rings. The van der Waals surface area contributed by atoms with E-state index in [4.69, 9.17) is 0 Å². The van der Waals surface area contributed by atoms with Gasteiger partial charge < -0.3 is 20.2 Å². The number of fused-ring (bicyclic) bond motifs is 2. The summed E-state index contributed by atoms with van der Waals surface area (Å²) in [5.74, 6) is -0.304. The van der Waals surface area contributed by atoms with Crippen molar-refractivity contribution in [1.82, 2.24) is 30.1 Å². The number of rotatable bonds is 6. The first-order valence-corrected chi connectivity index (χ1v) is 13.9. The molecule has 6 rings (SSSR count). The Kier molecular flexibility index (Phi) is 7.45. The van der Waals surface area contributed by atoms with Crippen LogP contribution in [0.15, 0.2) is 91.1 Å². The minimum absolute atomic E-state index is 0.0398. The second-order valence-electron chi connectivity index (χ2n) is 10.7. The first kappa shape index (κ1) is 27.2. The second kappa shape index (κ2) is 11.5. The average Bonchev–Trinajstić information content (AvgIpc) is 2.99. The Hall–Kier alpha value is -4.96. The molecule has 42 heavy (non-hydrogen) atoms. The van der Waals surface area contributed by atoms with Gasteiger partial charge in [-0.2, -0.15) is 0 Å². The maximum Gasteiger partial charge on any atom is 0.334 e. The van der Waals surface area contributed by atoms with Crippen molar-refractivity contribution in [1.29, 1.82) is 0 Å². The lowest BCUT2D eigenvalue weighted by Crippen LogP contribution is -2.76. The zero-order chi connectivity index (χ0) is 29.2. The number of carbonyl (C=O) groups excluding carboxylic acids is 3. The molecule has 0 radical (unpaired) electrons. The highest BCUT2D eigenvalue weighted by molar-refractivity contribution is 5.92. The van der Waals surface area contributed by atoms with Crippen molar-refractivity contribution in [2.24, 2.45) is 0 Å². The van der Waals surface area contributed by atoms with E-state index in [0.29, 0.717) is 6.54 Å². The minimum atomic E-state index is -0.832.